The average Bonchev–Trinajstić information content (AvgIpc) is 2.87. The van der Waals surface area contributed by atoms with Gasteiger partial charge in [0.2, 0.25) is 5.91 Å². The topological polar surface area (TPSA) is 91.6 Å². The lowest BCUT2D eigenvalue weighted by molar-refractivity contribution is -0.384. The van der Waals surface area contributed by atoms with E-state index in [-0.39, 0.29) is 28.5 Å². The maximum Gasteiger partial charge on any atom is 0.269 e. The SMILES string of the molecule is Cc1ccc(N2CCN3c4ccc([N+](=O)[O-])cc4C[C@@H](C(=O)NCc4cccnc4)[C@@H]3C2)cc1. The molecule has 34 heavy (non-hydrogen) atoms. The first-order chi connectivity index (χ1) is 16.5. The summed E-state index contributed by atoms with van der Waals surface area (Å²) in [4.78, 5) is 33.1. The number of nitrogens with zero attached hydrogens (tertiary/aromatic N) is 4. The fraction of sp³-hybridized carbons (Fsp3) is 0.308. The predicted molar refractivity (Wildman–Crippen MR) is 131 cm³/mol. The van der Waals surface area contributed by atoms with Crippen molar-refractivity contribution in [3.63, 3.8) is 0 Å². The van der Waals surface area contributed by atoms with Crippen molar-refractivity contribution >= 4 is 23.0 Å². The van der Waals surface area contributed by atoms with Gasteiger partial charge in [0.15, 0.2) is 0 Å². The van der Waals surface area contributed by atoms with Crippen LogP contribution in [-0.4, -0.2) is 41.5 Å². The van der Waals surface area contributed by atoms with Crippen molar-refractivity contribution in [1.29, 1.82) is 0 Å². The maximum atomic E-state index is 13.4. The molecule has 1 fully saturated rings. The van der Waals surface area contributed by atoms with Gasteiger partial charge in [-0.1, -0.05) is 23.8 Å². The minimum absolute atomic E-state index is 0.0297. The van der Waals surface area contributed by atoms with Gasteiger partial charge in [0.05, 0.1) is 16.9 Å². The van der Waals surface area contributed by atoms with Crippen LogP contribution in [0.15, 0.2) is 67.0 Å². The summed E-state index contributed by atoms with van der Waals surface area (Å²) in [6.45, 7) is 4.75. The summed E-state index contributed by atoms with van der Waals surface area (Å²) in [5, 5.41) is 14.4. The van der Waals surface area contributed by atoms with Crippen LogP contribution in [0.5, 0.6) is 0 Å². The number of non-ortho nitro benzene ring substituents is 1. The Hall–Kier alpha value is -3.94. The highest BCUT2D eigenvalue weighted by molar-refractivity contribution is 5.82. The molecule has 2 aliphatic heterocycles. The van der Waals surface area contributed by atoms with Gasteiger partial charge in [0, 0.05) is 62.1 Å². The predicted octanol–water partition coefficient (Wildman–Crippen LogP) is 3.48. The second-order valence-electron chi connectivity index (χ2n) is 9.00. The Morgan fingerprint density at radius 2 is 2.00 bits per heavy atom. The number of amides is 1. The summed E-state index contributed by atoms with van der Waals surface area (Å²) < 4.78 is 0. The van der Waals surface area contributed by atoms with E-state index in [2.05, 4.69) is 51.3 Å². The molecule has 1 amide bonds. The summed E-state index contributed by atoms with van der Waals surface area (Å²) >= 11 is 0. The lowest BCUT2D eigenvalue weighted by atomic mass is 9.83. The van der Waals surface area contributed by atoms with Crippen LogP contribution >= 0.6 is 0 Å². The molecule has 0 aliphatic carbocycles. The van der Waals surface area contributed by atoms with Crippen LogP contribution in [0.2, 0.25) is 0 Å². The Balaban J connectivity index is 1.43. The number of carbonyl (C=O) groups excluding carboxylic acids is 1. The molecule has 3 aromatic rings. The molecule has 0 radical (unpaired) electrons. The number of aromatic nitrogens is 1. The molecule has 1 aromatic heterocycles. The molecule has 174 valence electrons. The minimum Gasteiger partial charge on any atom is -0.368 e. The minimum atomic E-state index is -0.376. The number of anilines is 2. The van der Waals surface area contributed by atoms with Crippen molar-refractivity contribution < 1.29 is 9.72 Å². The number of carbonyl (C=O) groups is 1. The number of aryl methyl sites for hydroxylation is 1. The van der Waals surface area contributed by atoms with Gasteiger partial charge in [0.1, 0.15) is 0 Å². The smallest absolute Gasteiger partial charge is 0.269 e. The lowest BCUT2D eigenvalue weighted by Crippen LogP contribution is -2.61. The molecule has 0 saturated carbocycles. The Kier molecular flexibility index (Phi) is 5.88. The van der Waals surface area contributed by atoms with Gasteiger partial charge < -0.3 is 15.1 Å². The number of nitrogens with one attached hydrogen (secondary N) is 1. The summed E-state index contributed by atoms with van der Waals surface area (Å²) in [6.07, 6.45) is 3.92. The summed E-state index contributed by atoms with van der Waals surface area (Å²) in [5.41, 5.74) is 5.21. The van der Waals surface area contributed by atoms with Gasteiger partial charge in [0.25, 0.3) is 5.69 Å². The Morgan fingerprint density at radius 1 is 1.18 bits per heavy atom. The second-order valence-corrected chi connectivity index (χ2v) is 9.00. The van der Waals surface area contributed by atoms with Gasteiger partial charge in [-0.2, -0.15) is 0 Å². The molecule has 1 N–H and O–H groups in total. The maximum absolute atomic E-state index is 13.4. The molecule has 2 aromatic carbocycles. The first-order valence-electron chi connectivity index (χ1n) is 11.5. The molecule has 8 nitrogen and oxygen atoms in total. The van der Waals surface area contributed by atoms with E-state index in [1.807, 2.05) is 18.2 Å². The highest BCUT2D eigenvalue weighted by Gasteiger charge is 2.42. The number of hydrogen-bond donors (Lipinski definition) is 1. The van der Waals surface area contributed by atoms with E-state index < -0.39 is 0 Å². The van der Waals surface area contributed by atoms with E-state index in [0.29, 0.717) is 19.5 Å². The fourth-order valence-corrected chi connectivity index (χ4v) is 5.04. The van der Waals surface area contributed by atoms with Crippen molar-refractivity contribution in [2.45, 2.75) is 25.9 Å². The Labute approximate surface area is 198 Å². The molecule has 1 saturated heterocycles. The van der Waals surface area contributed by atoms with E-state index in [4.69, 9.17) is 0 Å². The van der Waals surface area contributed by atoms with Crippen LogP contribution in [0.4, 0.5) is 17.1 Å². The number of rotatable bonds is 5. The van der Waals surface area contributed by atoms with E-state index in [0.717, 1.165) is 35.6 Å². The van der Waals surface area contributed by atoms with Crippen molar-refractivity contribution in [1.82, 2.24) is 10.3 Å². The van der Waals surface area contributed by atoms with Crippen LogP contribution in [-0.2, 0) is 17.8 Å². The van der Waals surface area contributed by atoms with Gasteiger partial charge in [-0.05, 0) is 48.7 Å². The molecule has 0 bridgehead atoms. The van der Waals surface area contributed by atoms with Crippen LogP contribution in [0.25, 0.3) is 0 Å². The molecule has 2 aliphatic rings. The Bertz CT molecular complexity index is 1200. The van der Waals surface area contributed by atoms with Crippen LogP contribution in [0.3, 0.4) is 0 Å². The number of piperazine rings is 1. The lowest BCUT2D eigenvalue weighted by Gasteiger charge is -2.49. The van der Waals surface area contributed by atoms with Gasteiger partial charge in [-0.25, -0.2) is 0 Å². The number of benzene rings is 2. The van der Waals surface area contributed by atoms with Crippen LogP contribution in [0, 0.1) is 23.0 Å². The molecule has 8 heteroatoms. The molecular weight excluding hydrogens is 430 g/mol. The quantitative estimate of drug-likeness (QED) is 0.466. The van der Waals surface area contributed by atoms with Crippen molar-refractivity contribution in [2.24, 2.45) is 5.92 Å². The molecule has 3 heterocycles. The third-order valence-electron chi connectivity index (χ3n) is 6.83. The molecular formula is C26H27N5O3. The summed E-state index contributed by atoms with van der Waals surface area (Å²) in [6, 6.07) is 17.2. The Morgan fingerprint density at radius 3 is 2.74 bits per heavy atom. The standard InChI is InChI=1S/C26H27N5O3/c1-18-4-6-21(7-5-18)29-11-12-30-24-9-8-22(31(33)34)13-20(24)14-23(25(30)17-29)26(32)28-16-19-3-2-10-27-15-19/h2-10,13,15,23,25H,11-12,14,16-17H2,1H3,(H,28,32)/t23-,25+/m1/s1. The number of fused-ring (bicyclic) bond motifs is 3. The molecule has 2 atom stereocenters. The van der Waals surface area contributed by atoms with Gasteiger partial charge >= 0.3 is 0 Å². The number of nitro benzene ring substituents is 1. The number of nitro groups is 1. The zero-order valence-corrected chi connectivity index (χ0v) is 19.1. The van der Waals surface area contributed by atoms with Gasteiger partial charge in [-0.3, -0.25) is 19.9 Å². The molecule has 5 rings (SSSR count). The third-order valence-corrected chi connectivity index (χ3v) is 6.83. The summed E-state index contributed by atoms with van der Waals surface area (Å²) in [5.74, 6) is -0.360. The van der Waals surface area contributed by atoms with E-state index in [1.54, 1.807) is 24.5 Å². The van der Waals surface area contributed by atoms with Crippen molar-refractivity contribution in [3.8, 4) is 0 Å². The zero-order chi connectivity index (χ0) is 23.7. The number of pyridine rings is 1. The monoisotopic (exact) mass is 457 g/mol. The normalized spacial score (nSPS) is 19.2. The summed E-state index contributed by atoms with van der Waals surface area (Å²) in [7, 11) is 0. The van der Waals surface area contributed by atoms with E-state index in [9.17, 15) is 14.9 Å². The van der Waals surface area contributed by atoms with E-state index in [1.165, 1.54) is 5.56 Å². The first-order valence-corrected chi connectivity index (χ1v) is 11.5. The average molecular weight is 458 g/mol. The number of hydrogen-bond acceptors (Lipinski definition) is 6. The second kappa shape index (κ2) is 9.13. The highest BCUT2D eigenvalue weighted by Crippen LogP contribution is 2.38. The molecule has 0 spiro atoms. The highest BCUT2D eigenvalue weighted by atomic mass is 16.6. The molecule has 0 unspecified atom stereocenters. The van der Waals surface area contributed by atoms with Crippen molar-refractivity contribution in [3.05, 3.63) is 93.8 Å². The van der Waals surface area contributed by atoms with E-state index >= 15 is 0 Å². The fourth-order valence-electron chi connectivity index (χ4n) is 5.04. The van der Waals surface area contributed by atoms with Crippen molar-refractivity contribution in [2.75, 3.05) is 29.4 Å². The van der Waals surface area contributed by atoms with Crippen LogP contribution in [0.1, 0.15) is 16.7 Å². The zero-order valence-electron chi connectivity index (χ0n) is 19.1. The van der Waals surface area contributed by atoms with Crippen LogP contribution < -0.4 is 15.1 Å². The first kappa shape index (κ1) is 21.9. The third kappa shape index (κ3) is 4.31. The van der Waals surface area contributed by atoms with Gasteiger partial charge in [-0.15, -0.1) is 0 Å². The largest absolute Gasteiger partial charge is 0.368 e.